The van der Waals surface area contributed by atoms with Crippen LogP contribution < -0.4 is 16.4 Å². The van der Waals surface area contributed by atoms with Gasteiger partial charge in [0.2, 0.25) is 5.91 Å². The molecule has 0 radical (unpaired) electrons. The van der Waals surface area contributed by atoms with Gasteiger partial charge in [-0.15, -0.1) is 12.4 Å². The van der Waals surface area contributed by atoms with E-state index in [0.29, 0.717) is 30.1 Å². The van der Waals surface area contributed by atoms with Crippen LogP contribution >= 0.6 is 24.0 Å². The number of nitrogens with two attached hydrogens (primary N) is 1. The molecular formula is C26H29Cl2N3O2. The van der Waals surface area contributed by atoms with E-state index in [1.54, 1.807) is 24.3 Å². The van der Waals surface area contributed by atoms with Crippen molar-refractivity contribution in [2.45, 2.75) is 31.8 Å². The third-order valence-corrected chi connectivity index (χ3v) is 5.45. The first-order valence-corrected chi connectivity index (χ1v) is 11.1. The van der Waals surface area contributed by atoms with Crippen LogP contribution in [0.4, 0.5) is 0 Å². The molecule has 0 aliphatic rings. The molecule has 0 aromatic heterocycles. The summed E-state index contributed by atoms with van der Waals surface area (Å²) in [5, 5.41) is 6.43. The van der Waals surface area contributed by atoms with Crippen molar-refractivity contribution in [3.8, 4) is 11.1 Å². The monoisotopic (exact) mass is 485 g/mol. The normalized spacial score (nSPS) is 11.2. The second-order valence-electron chi connectivity index (χ2n) is 7.60. The van der Waals surface area contributed by atoms with Gasteiger partial charge in [0.1, 0.15) is 6.04 Å². The van der Waals surface area contributed by atoms with Crippen molar-refractivity contribution in [1.29, 1.82) is 0 Å². The summed E-state index contributed by atoms with van der Waals surface area (Å²) in [5.74, 6) is -0.491. The summed E-state index contributed by atoms with van der Waals surface area (Å²) < 4.78 is 0. The van der Waals surface area contributed by atoms with Crippen molar-refractivity contribution in [1.82, 2.24) is 10.6 Å². The maximum atomic E-state index is 12.8. The number of hydrogen-bond acceptors (Lipinski definition) is 3. The second-order valence-corrected chi connectivity index (χ2v) is 8.03. The smallest absolute Gasteiger partial charge is 0.251 e. The highest BCUT2D eigenvalue weighted by Gasteiger charge is 2.21. The van der Waals surface area contributed by atoms with E-state index in [9.17, 15) is 9.59 Å². The Labute approximate surface area is 206 Å². The van der Waals surface area contributed by atoms with Crippen molar-refractivity contribution in [3.05, 3.63) is 95.0 Å². The molecule has 3 aromatic carbocycles. The zero-order chi connectivity index (χ0) is 22.8. The minimum absolute atomic E-state index is 0. The molecule has 0 aliphatic carbocycles. The van der Waals surface area contributed by atoms with Crippen LogP contribution in [-0.4, -0.2) is 24.4 Å². The molecule has 0 spiro atoms. The fraction of sp³-hybridized carbons (Fsp3) is 0.231. The third-order valence-electron chi connectivity index (χ3n) is 5.20. The van der Waals surface area contributed by atoms with Crippen molar-refractivity contribution in [3.63, 3.8) is 0 Å². The third kappa shape index (κ3) is 8.21. The zero-order valence-corrected chi connectivity index (χ0v) is 19.9. The molecule has 3 rings (SSSR count). The predicted octanol–water partition coefficient (Wildman–Crippen LogP) is 4.97. The maximum Gasteiger partial charge on any atom is 0.251 e. The molecule has 0 saturated carbocycles. The van der Waals surface area contributed by atoms with Gasteiger partial charge in [0, 0.05) is 17.1 Å². The Kier molecular flexibility index (Phi) is 10.9. The zero-order valence-electron chi connectivity index (χ0n) is 18.3. The van der Waals surface area contributed by atoms with Gasteiger partial charge in [-0.25, -0.2) is 0 Å². The van der Waals surface area contributed by atoms with Crippen LogP contribution in [0.2, 0.25) is 5.02 Å². The van der Waals surface area contributed by atoms with Gasteiger partial charge in [0.25, 0.3) is 5.91 Å². The number of nitrogens with one attached hydrogen (secondary N) is 2. The highest BCUT2D eigenvalue weighted by Crippen LogP contribution is 2.19. The maximum absolute atomic E-state index is 12.8. The Bertz CT molecular complexity index is 1010. The summed E-state index contributed by atoms with van der Waals surface area (Å²) >= 11 is 5.91. The lowest BCUT2D eigenvalue weighted by Crippen LogP contribution is -2.46. The molecule has 33 heavy (non-hydrogen) atoms. The number of benzene rings is 3. The lowest BCUT2D eigenvalue weighted by molar-refractivity contribution is -0.123. The molecule has 0 bridgehead atoms. The van der Waals surface area contributed by atoms with Crippen molar-refractivity contribution in [2.75, 3.05) is 6.54 Å². The average molecular weight is 486 g/mol. The Balaban J connectivity index is 0.00000385. The average Bonchev–Trinajstić information content (AvgIpc) is 2.83. The van der Waals surface area contributed by atoms with Crippen LogP contribution in [-0.2, 0) is 11.3 Å². The number of hydrogen-bond donors (Lipinski definition) is 3. The van der Waals surface area contributed by atoms with Gasteiger partial charge in [0.05, 0.1) is 0 Å². The number of unbranched alkanes of at least 4 members (excludes halogenated alkanes) is 1. The summed E-state index contributed by atoms with van der Waals surface area (Å²) in [6, 6.07) is 24.0. The number of rotatable bonds is 10. The highest BCUT2D eigenvalue weighted by molar-refractivity contribution is 6.30. The molecule has 174 valence electrons. The molecule has 3 aromatic rings. The molecule has 0 saturated heterocycles. The van der Waals surface area contributed by atoms with Gasteiger partial charge < -0.3 is 16.4 Å². The Morgan fingerprint density at radius 1 is 0.848 bits per heavy atom. The van der Waals surface area contributed by atoms with E-state index in [-0.39, 0.29) is 24.2 Å². The van der Waals surface area contributed by atoms with E-state index in [0.717, 1.165) is 29.5 Å². The molecule has 0 aliphatic heterocycles. The SMILES string of the molecule is Cl.NCCCCC(NC(=O)c1ccc(-c2ccccc2)cc1)C(=O)NCc1ccc(Cl)cc1. The van der Waals surface area contributed by atoms with E-state index in [2.05, 4.69) is 10.6 Å². The lowest BCUT2D eigenvalue weighted by Gasteiger charge is -2.19. The second kappa shape index (κ2) is 13.6. The quantitative estimate of drug-likeness (QED) is 0.354. The summed E-state index contributed by atoms with van der Waals surface area (Å²) in [6.45, 7) is 0.916. The summed E-state index contributed by atoms with van der Waals surface area (Å²) in [5.41, 5.74) is 9.16. The van der Waals surface area contributed by atoms with Crippen LogP contribution in [0.25, 0.3) is 11.1 Å². The molecule has 0 heterocycles. The van der Waals surface area contributed by atoms with Gasteiger partial charge in [-0.2, -0.15) is 0 Å². The topological polar surface area (TPSA) is 84.2 Å². The first-order chi connectivity index (χ1) is 15.6. The Hall–Kier alpha value is -2.86. The minimum Gasteiger partial charge on any atom is -0.350 e. The molecule has 2 amide bonds. The number of carbonyl (C=O) groups is 2. The van der Waals surface area contributed by atoms with Gasteiger partial charge in [-0.3, -0.25) is 9.59 Å². The Morgan fingerprint density at radius 2 is 1.48 bits per heavy atom. The van der Waals surface area contributed by atoms with Crippen molar-refractivity contribution >= 4 is 35.8 Å². The standard InChI is InChI=1S/C26H28ClN3O2.ClH/c27-23-15-9-19(10-16-23)18-29-26(32)24(8-4-5-17-28)30-25(31)22-13-11-21(12-14-22)20-6-2-1-3-7-20;/h1-3,6-7,9-16,24H,4-5,8,17-18,28H2,(H,29,32)(H,30,31);1H. The molecule has 7 heteroatoms. The number of halogens is 2. The fourth-order valence-corrected chi connectivity index (χ4v) is 3.49. The van der Waals surface area contributed by atoms with Gasteiger partial charge in [-0.1, -0.05) is 66.2 Å². The molecule has 0 fully saturated rings. The van der Waals surface area contributed by atoms with E-state index in [1.165, 1.54) is 0 Å². The summed E-state index contributed by atoms with van der Waals surface area (Å²) in [6.07, 6.45) is 2.07. The number of carbonyl (C=O) groups excluding carboxylic acids is 2. The largest absolute Gasteiger partial charge is 0.350 e. The predicted molar refractivity (Wildman–Crippen MR) is 137 cm³/mol. The van der Waals surface area contributed by atoms with Crippen LogP contribution in [0, 0.1) is 0 Å². The summed E-state index contributed by atoms with van der Waals surface area (Å²) in [7, 11) is 0. The minimum atomic E-state index is -0.629. The van der Waals surface area contributed by atoms with E-state index < -0.39 is 6.04 Å². The summed E-state index contributed by atoms with van der Waals surface area (Å²) in [4.78, 5) is 25.6. The van der Waals surface area contributed by atoms with Crippen molar-refractivity contribution < 1.29 is 9.59 Å². The molecular weight excluding hydrogens is 457 g/mol. The number of amides is 2. The van der Waals surface area contributed by atoms with E-state index >= 15 is 0 Å². The molecule has 5 nitrogen and oxygen atoms in total. The first kappa shape index (κ1) is 26.4. The van der Waals surface area contributed by atoms with Crippen LogP contribution in [0.5, 0.6) is 0 Å². The van der Waals surface area contributed by atoms with E-state index in [1.807, 2.05) is 54.6 Å². The van der Waals surface area contributed by atoms with Gasteiger partial charge in [0.15, 0.2) is 0 Å². The first-order valence-electron chi connectivity index (χ1n) is 10.8. The van der Waals surface area contributed by atoms with Crippen LogP contribution in [0.1, 0.15) is 35.2 Å². The highest BCUT2D eigenvalue weighted by atomic mass is 35.5. The molecule has 1 atom stereocenters. The lowest BCUT2D eigenvalue weighted by atomic mass is 10.0. The fourth-order valence-electron chi connectivity index (χ4n) is 3.36. The van der Waals surface area contributed by atoms with Gasteiger partial charge in [-0.05, 0) is 66.8 Å². The molecule has 4 N–H and O–H groups in total. The van der Waals surface area contributed by atoms with E-state index in [4.69, 9.17) is 17.3 Å². The van der Waals surface area contributed by atoms with Crippen LogP contribution in [0.3, 0.4) is 0 Å². The molecule has 1 unspecified atom stereocenters. The van der Waals surface area contributed by atoms with Crippen LogP contribution in [0.15, 0.2) is 78.9 Å². The van der Waals surface area contributed by atoms with Crippen molar-refractivity contribution in [2.24, 2.45) is 5.73 Å². The van der Waals surface area contributed by atoms with Gasteiger partial charge >= 0.3 is 0 Å². The Morgan fingerprint density at radius 3 is 2.12 bits per heavy atom.